The molecule has 1 atom stereocenters. The summed E-state index contributed by atoms with van der Waals surface area (Å²) in [5.41, 5.74) is 7.48. The van der Waals surface area contributed by atoms with Gasteiger partial charge in [0.1, 0.15) is 6.54 Å². The van der Waals surface area contributed by atoms with Gasteiger partial charge < -0.3 is 10.8 Å². The summed E-state index contributed by atoms with van der Waals surface area (Å²) in [7, 11) is 0. The van der Waals surface area contributed by atoms with Gasteiger partial charge in [-0.2, -0.15) is 0 Å². The Balaban J connectivity index is 2.96. The summed E-state index contributed by atoms with van der Waals surface area (Å²) in [4.78, 5) is 24.5. The van der Waals surface area contributed by atoms with Crippen molar-refractivity contribution in [3.63, 3.8) is 0 Å². The minimum atomic E-state index is -1.06. The molecule has 20 heavy (non-hydrogen) atoms. The number of amides is 1. The van der Waals surface area contributed by atoms with Gasteiger partial charge >= 0.3 is 5.97 Å². The fourth-order valence-electron chi connectivity index (χ4n) is 1.97. The zero-order valence-electron chi connectivity index (χ0n) is 12.2. The molecule has 5 nitrogen and oxygen atoms in total. The first-order chi connectivity index (χ1) is 9.31. The van der Waals surface area contributed by atoms with Crippen LogP contribution in [-0.4, -0.2) is 29.6 Å². The highest BCUT2D eigenvalue weighted by Gasteiger charge is 2.24. The highest BCUT2D eigenvalue weighted by Crippen LogP contribution is 2.17. The van der Waals surface area contributed by atoms with Crippen LogP contribution in [0.15, 0.2) is 24.3 Å². The van der Waals surface area contributed by atoms with Crippen molar-refractivity contribution in [1.29, 1.82) is 0 Å². The number of carbonyl (C=O) groups excluding carboxylic acids is 1. The van der Waals surface area contributed by atoms with Crippen LogP contribution in [0.5, 0.6) is 0 Å². The Labute approximate surface area is 119 Å². The van der Waals surface area contributed by atoms with E-state index < -0.39 is 12.0 Å². The molecule has 0 radical (unpaired) electrons. The normalized spacial score (nSPS) is 12.2. The highest BCUT2D eigenvalue weighted by molar-refractivity contribution is 6.00. The molecule has 0 aliphatic carbocycles. The second-order valence-corrected chi connectivity index (χ2v) is 5.39. The number of hydrogen-bond donors (Lipinski definition) is 2. The Hall–Kier alpha value is -1.88. The van der Waals surface area contributed by atoms with Crippen molar-refractivity contribution in [2.45, 2.75) is 33.2 Å². The fourth-order valence-corrected chi connectivity index (χ4v) is 1.97. The predicted molar refractivity (Wildman–Crippen MR) is 78.6 cm³/mol. The van der Waals surface area contributed by atoms with Gasteiger partial charge in [0.05, 0.1) is 6.04 Å². The first kappa shape index (κ1) is 16.2. The maximum Gasteiger partial charge on any atom is 0.323 e. The number of anilines is 1. The van der Waals surface area contributed by atoms with Crippen molar-refractivity contribution in [1.82, 2.24) is 0 Å². The van der Waals surface area contributed by atoms with Gasteiger partial charge in [0.25, 0.3) is 0 Å². The molecule has 1 aromatic carbocycles. The summed E-state index contributed by atoms with van der Waals surface area (Å²) in [5.74, 6) is -1.14. The standard InChI is InChI=1S/C15H22N2O3/c1-10(2)8-13(16)15(20)17(9-14(18)19)12-6-4-11(3)5-7-12/h4-7,10,13H,8-9,16H2,1-3H3,(H,18,19). The second-order valence-electron chi connectivity index (χ2n) is 5.39. The molecule has 0 saturated heterocycles. The lowest BCUT2D eigenvalue weighted by molar-refractivity contribution is -0.136. The van der Waals surface area contributed by atoms with Crippen molar-refractivity contribution in [2.24, 2.45) is 11.7 Å². The SMILES string of the molecule is Cc1ccc(N(CC(=O)O)C(=O)C(N)CC(C)C)cc1. The van der Waals surface area contributed by atoms with E-state index in [4.69, 9.17) is 10.8 Å². The van der Waals surface area contributed by atoms with Gasteiger partial charge in [-0.1, -0.05) is 31.5 Å². The summed E-state index contributed by atoms with van der Waals surface area (Å²) < 4.78 is 0. The zero-order valence-corrected chi connectivity index (χ0v) is 12.2. The minimum Gasteiger partial charge on any atom is -0.480 e. The first-order valence-corrected chi connectivity index (χ1v) is 6.66. The number of rotatable bonds is 6. The number of carboxylic acids is 1. The second kappa shape index (κ2) is 7.05. The topological polar surface area (TPSA) is 83.6 Å². The van der Waals surface area contributed by atoms with Crippen LogP contribution in [0.4, 0.5) is 5.69 Å². The molecule has 0 aromatic heterocycles. The Bertz CT molecular complexity index is 469. The first-order valence-electron chi connectivity index (χ1n) is 6.66. The van der Waals surface area contributed by atoms with E-state index in [1.54, 1.807) is 12.1 Å². The van der Waals surface area contributed by atoms with Crippen LogP contribution >= 0.6 is 0 Å². The van der Waals surface area contributed by atoms with Gasteiger partial charge in [-0.25, -0.2) is 0 Å². The van der Waals surface area contributed by atoms with E-state index in [1.165, 1.54) is 4.90 Å². The summed E-state index contributed by atoms with van der Waals surface area (Å²) >= 11 is 0. The number of carbonyl (C=O) groups is 2. The van der Waals surface area contributed by atoms with E-state index in [0.717, 1.165) is 5.56 Å². The van der Waals surface area contributed by atoms with Crippen LogP contribution in [0.3, 0.4) is 0 Å². The van der Waals surface area contributed by atoms with Crippen LogP contribution in [0.1, 0.15) is 25.8 Å². The minimum absolute atomic E-state index is 0.277. The van der Waals surface area contributed by atoms with Crippen molar-refractivity contribution >= 4 is 17.6 Å². The van der Waals surface area contributed by atoms with Crippen LogP contribution in [0.2, 0.25) is 0 Å². The van der Waals surface area contributed by atoms with Gasteiger partial charge in [-0.15, -0.1) is 0 Å². The Kier molecular flexibility index (Phi) is 5.70. The Morgan fingerprint density at radius 1 is 1.25 bits per heavy atom. The third-order valence-corrected chi connectivity index (χ3v) is 2.95. The monoisotopic (exact) mass is 278 g/mol. The summed E-state index contributed by atoms with van der Waals surface area (Å²) in [6.45, 7) is 5.49. The van der Waals surface area contributed by atoms with Gasteiger partial charge in [-0.05, 0) is 31.4 Å². The lowest BCUT2D eigenvalue weighted by Crippen LogP contribution is -2.46. The van der Waals surface area contributed by atoms with Crippen molar-refractivity contribution in [2.75, 3.05) is 11.4 Å². The molecule has 0 saturated carbocycles. The number of aryl methyl sites for hydroxylation is 1. The smallest absolute Gasteiger partial charge is 0.323 e. The van der Waals surface area contributed by atoms with Crippen LogP contribution < -0.4 is 10.6 Å². The maximum absolute atomic E-state index is 12.3. The summed E-state index contributed by atoms with van der Waals surface area (Å²) in [5, 5.41) is 8.98. The molecule has 0 aliphatic rings. The van der Waals surface area contributed by atoms with Crippen molar-refractivity contribution in [3.8, 4) is 0 Å². The van der Waals surface area contributed by atoms with E-state index in [9.17, 15) is 9.59 Å². The Morgan fingerprint density at radius 2 is 1.80 bits per heavy atom. The largest absolute Gasteiger partial charge is 0.480 e. The van der Waals surface area contributed by atoms with E-state index in [0.29, 0.717) is 12.1 Å². The number of hydrogen-bond acceptors (Lipinski definition) is 3. The van der Waals surface area contributed by atoms with E-state index >= 15 is 0 Å². The Morgan fingerprint density at radius 3 is 2.25 bits per heavy atom. The average Bonchev–Trinajstić information content (AvgIpc) is 2.35. The molecule has 0 aliphatic heterocycles. The van der Waals surface area contributed by atoms with Crippen molar-refractivity contribution < 1.29 is 14.7 Å². The zero-order chi connectivity index (χ0) is 15.3. The molecule has 0 fully saturated rings. The molecule has 110 valence electrons. The summed E-state index contributed by atoms with van der Waals surface area (Å²) in [6.07, 6.45) is 0.529. The molecule has 0 spiro atoms. The van der Waals surface area contributed by atoms with Gasteiger partial charge in [0.2, 0.25) is 5.91 Å². The molecule has 0 bridgehead atoms. The van der Waals surface area contributed by atoms with Gasteiger partial charge in [0, 0.05) is 5.69 Å². The van der Waals surface area contributed by atoms with Crippen LogP contribution in [0, 0.1) is 12.8 Å². The fraction of sp³-hybridized carbons (Fsp3) is 0.467. The molecule has 3 N–H and O–H groups in total. The number of aliphatic carboxylic acids is 1. The lowest BCUT2D eigenvalue weighted by Gasteiger charge is -2.25. The molecular weight excluding hydrogens is 256 g/mol. The lowest BCUT2D eigenvalue weighted by atomic mass is 10.0. The summed E-state index contributed by atoms with van der Waals surface area (Å²) in [6, 6.07) is 6.46. The van der Waals surface area contributed by atoms with Gasteiger partial charge in [0.15, 0.2) is 0 Å². The van der Waals surface area contributed by atoms with E-state index in [-0.39, 0.29) is 18.4 Å². The third kappa shape index (κ3) is 4.66. The van der Waals surface area contributed by atoms with Crippen LogP contribution in [0.25, 0.3) is 0 Å². The number of benzene rings is 1. The van der Waals surface area contributed by atoms with E-state index in [1.807, 2.05) is 32.9 Å². The number of nitrogens with zero attached hydrogens (tertiary/aromatic N) is 1. The van der Waals surface area contributed by atoms with Crippen LogP contribution in [-0.2, 0) is 9.59 Å². The number of carboxylic acid groups (broad SMARTS) is 1. The molecule has 5 heteroatoms. The highest BCUT2D eigenvalue weighted by atomic mass is 16.4. The molecular formula is C15H22N2O3. The quantitative estimate of drug-likeness (QED) is 0.831. The molecule has 1 amide bonds. The van der Waals surface area contributed by atoms with Crippen molar-refractivity contribution in [3.05, 3.63) is 29.8 Å². The molecule has 1 rings (SSSR count). The third-order valence-electron chi connectivity index (χ3n) is 2.95. The van der Waals surface area contributed by atoms with Gasteiger partial charge in [-0.3, -0.25) is 14.5 Å². The molecule has 1 aromatic rings. The predicted octanol–water partition coefficient (Wildman–Crippen LogP) is 1.79. The molecule has 1 unspecified atom stereocenters. The molecule has 0 heterocycles. The van der Waals surface area contributed by atoms with E-state index in [2.05, 4.69) is 0 Å². The maximum atomic E-state index is 12.3. The average molecular weight is 278 g/mol. The number of nitrogens with two attached hydrogens (primary N) is 1.